The lowest BCUT2D eigenvalue weighted by molar-refractivity contribution is 0.0693. The first-order valence-corrected chi connectivity index (χ1v) is 3.54. The minimum atomic E-state index is -1.29. The molecule has 0 unspecified atom stereocenters. The number of aryl methyl sites for hydroxylation is 1. The molecule has 0 bridgehead atoms. The summed E-state index contributed by atoms with van der Waals surface area (Å²) < 4.78 is 0. The molecule has 0 radical (unpaired) electrons. The van der Waals surface area contributed by atoms with Crippen LogP contribution in [0.4, 0.5) is 0 Å². The van der Waals surface area contributed by atoms with E-state index in [2.05, 4.69) is 0 Å². The monoisotopic (exact) mass is 177 g/mol. The number of rotatable bonds is 1. The normalized spacial score (nSPS) is 9.23. The maximum atomic E-state index is 10.6. The van der Waals surface area contributed by atoms with Crippen molar-refractivity contribution in [1.82, 2.24) is 0 Å². The third-order valence-electron chi connectivity index (χ3n) is 1.72. The molecule has 0 heterocycles. The number of carboxylic acid groups (broad SMARTS) is 1. The number of aromatic hydroxyl groups is 1. The van der Waals surface area contributed by atoms with Gasteiger partial charge in [0.15, 0.2) is 0 Å². The molecule has 0 saturated carbocycles. The Labute approximate surface area is 74.7 Å². The Morgan fingerprint density at radius 1 is 1.54 bits per heavy atom. The van der Waals surface area contributed by atoms with Crippen LogP contribution in [0.15, 0.2) is 12.1 Å². The lowest BCUT2D eigenvalue weighted by Gasteiger charge is -2.03. The predicted octanol–water partition coefficient (Wildman–Crippen LogP) is 1.27. The first-order valence-electron chi connectivity index (χ1n) is 3.54. The summed E-state index contributed by atoms with van der Waals surface area (Å²) in [5, 5.41) is 26.5. The van der Waals surface area contributed by atoms with E-state index >= 15 is 0 Å². The van der Waals surface area contributed by atoms with E-state index in [0.29, 0.717) is 5.56 Å². The lowest BCUT2D eigenvalue weighted by Crippen LogP contribution is -2.02. The SMILES string of the molecule is Cc1ccc(O)c(C(=O)O)c1C#N. The molecule has 0 saturated heterocycles. The van der Waals surface area contributed by atoms with Crippen LogP contribution >= 0.6 is 0 Å². The number of phenols is 1. The molecule has 1 aromatic rings. The third kappa shape index (κ3) is 1.44. The Morgan fingerprint density at radius 2 is 2.15 bits per heavy atom. The maximum absolute atomic E-state index is 10.6. The summed E-state index contributed by atoms with van der Waals surface area (Å²) >= 11 is 0. The molecular weight excluding hydrogens is 170 g/mol. The van der Waals surface area contributed by atoms with Crippen LogP contribution in [0.5, 0.6) is 5.75 Å². The van der Waals surface area contributed by atoms with E-state index in [0.717, 1.165) is 0 Å². The van der Waals surface area contributed by atoms with E-state index in [1.807, 2.05) is 0 Å². The highest BCUT2D eigenvalue weighted by atomic mass is 16.4. The number of hydrogen-bond acceptors (Lipinski definition) is 3. The Balaban J connectivity index is 3.55. The molecule has 1 rings (SSSR count). The zero-order chi connectivity index (χ0) is 10.0. The molecule has 0 aliphatic rings. The molecule has 4 nitrogen and oxygen atoms in total. The van der Waals surface area contributed by atoms with Crippen LogP contribution in [0.1, 0.15) is 21.5 Å². The maximum Gasteiger partial charge on any atom is 0.340 e. The quantitative estimate of drug-likeness (QED) is 0.676. The molecule has 66 valence electrons. The van der Waals surface area contributed by atoms with Gasteiger partial charge in [-0.2, -0.15) is 5.26 Å². The zero-order valence-corrected chi connectivity index (χ0v) is 6.90. The van der Waals surface area contributed by atoms with E-state index in [-0.39, 0.29) is 16.9 Å². The van der Waals surface area contributed by atoms with Crippen LogP contribution < -0.4 is 0 Å². The number of nitrogens with zero attached hydrogens (tertiary/aromatic N) is 1. The number of benzene rings is 1. The van der Waals surface area contributed by atoms with Crippen molar-refractivity contribution < 1.29 is 15.0 Å². The molecule has 0 amide bonds. The second-order valence-corrected chi connectivity index (χ2v) is 2.57. The van der Waals surface area contributed by atoms with E-state index in [4.69, 9.17) is 10.4 Å². The van der Waals surface area contributed by atoms with E-state index in [1.54, 1.807) is 13.0 Å². The van der Waals surface area contributed by atoms with Crippen molar-refractivity contribution in [3.63, 3.8) is 0 Å². The van der Waals surface area contributed by atoms with Crippen molar-refractivity contribution in [2.75, 3.05) is 0 Å². The molecule has 0 aromatic heterocycles. The van der Waals surface area contributed by atoms with Crippen LogP contribution in [-0.2, 0) is 0 Å². The van der Waals surface area contributed by atoms with Crippen molar-refractivity contribution in [3.8, 4) is 11.8 Å². The summed E-state index contributed by atoms with van der Waals surface area (Å²) in [6, 6.07) is 4.51. The Kier molecular flexibility index (Phi) is 2.20. The van der Waals surface area contributed by atoms with Crippen molar-refractivity contribution in [2.24, 2.45) is 0 Å². The molecule has 0 aliphatic heterocycles. The van der Waals surface area contributed by atoms with Gasteiger partial charge in [0.05, 0.1) is 5.56 Å². The van der Waals surface area contributed by atoms with Gasteiger partial charge in [-0.15, -0.1) is 0 Å². The fourth-order valence-electron chi connectivity index (χ4n) is 1.06. The number of hydrogen-bond donors (Lipinski definition) is 2. The number of carboxylic acids is 1. The molecule has 13 heavy (non-hydrogen) atoms. The first kappa shape index (κ1) is 9.07. The first-order chi connectivity index (χ1) is 6.07. The summed E-state index contributed by atoms with van der Waals surface area (Å²) in [5.74, 6) is -1.67. The minimum Gasteiger partial charge on any atom is -0.507 e. The summed E-state index contributed by atoms with van der Waals surface area (Å²) in [5.41, 5.74) is 0.215. The van der Waals surface area contributed by atoms with Gasteiger partial charge in [0.1, 0.15) is 17.4 Å². The highest BCUT2D eigenvalue weighted by Gasteiger charge is 2.16. The van der Waals surface area contributed by atoms with E-state index in [1.165, 1.54) is 12.1 Å². The van der Waals surface area contributed by atoms with Crippen molar-refractivity contribution >= 4 is 5.97 Å². The second-order valence-electron chi connectivity index (χ2n) is 2.57. The molecule has 0 fully saturated rings. The van der Waals surface area contributed by atoms with Crippen LogP contribution in [0, 0.1) is 18.3 Å². The molecular formula is C9H7NO3. The van der Waals surface area contributed by atoms with E-state index in [9.17, 15) is 9.90 Å². The molecule has 2 N–H and O–H groups in total. The van der Waals surface area contributed by atoms with E-state index < -0.39 is 5.97 Å². The van der Waals surface area contributed by atoms with Gasteiger partial charge >= 0.3 is 5.97 Å². The molecule has 1 aromatic carbocycles. The topological polar surface area (TPSA) is 81.3 Å². The molecule has 4 heteroatoms. The Hall–Kier alpha value is -2.02. The summed E-state index contributed by atoms with van der Waals surface area (Å²) in [6.07, 6.45) is 0. The highest BCUT2D eigenvalue weighted by Crippen LogP contribution is 2.23. The average molecular weight is 177 g/mol. The van der Waals surface area contributed by atoms with Crippen LogP contribution in [0.3, 0.4) is 0 Å². The summed E-state index contributed by atoms with van der Waals surface area (Å²) in [7, 11) is 0. The predicted molar refractivity (Wildman–Crippen MR) is 44.5 cm³/mol. The summed E-state index contributed by atoms with van der Waals surface area (Å²) in [6.45, 7) is 1.62. The number of aromatic carboxylic acids is 1. The summed E-state index contributed by atoms with van der Waals surface area (Å²) in [4.78, 5) is 10.6. The smallest absolute Gasteiger partial charge is 0.340 e. The molecule has 0 spiro atoms. The van der Waals surface area contributed by atoms with Crippen LogP contribution in [0.25, 0.3) is 0 Å². The third-order valence-corrected chi connectivity index (χ3v) is 1.72. The Bertz CT molecular complexity index is 404. The van der Waals surface area contributed by atoms with Crippen molar-refractivity contribution in [2.45, 2.75) is 6.92 Å². The van der Waals surface area contributed by atoms with Crippen LogP contribution in [-0.4, -0.2) is 16.2 Å². The van der Waals surface area contributed by atoms with Crippen LogP contribution in [0.2, 0.25) is 0 Å². The van der Waals surface area contributed by atoms with Gasteiger partial charge in [-0.25, -0.2) is 4.79 Å². The highest BCUT2D eigenvalue weighted by molar-refractivity contribution is 5.94. The number of nitriles is 1. The standard InChI is InChI=1S/C9H7NO3/c1-5-2-3-7(11)8(9(12)13)6(5)4-10/h2-3,11H,1H3,(H,12,13). The minimum absolute atomic E-state index is 0.00694. The van der Waals surface area contributed by atoms with Gasteiger partial charge in [0.2, 0.25) is 0 Å². The van der Waals surface area contributed by atoms with Gasteiger partial charge < -0.3 is 10.2 Å². The Morgan fingerprint density at radius 3 is 2.54 bits per heavy atom. The van der Waals surface area contributed by atoms with Gasteiger partial charge in [0, 0.05) is 0 Å². The van der Waals surface area contributed by atoms with Gasteiger partial charge in [-0.3, -0.25) is 0 Å². The second kappa shape index (κ2) is 3.15. The van der Waals surface area contributed by atoms with Gasteiger partial charge in [-0.1, -0.05) is 6.07 Å². The fourth-order valence-corrected chi connectivity index (χ4v) is 1.06. The average Bonchev–Trinajstić information content (AvgIpc) is 2.07. The lowest BCUT2D eigenvalue weighted by atomic mass is 10.0. The zero-order valence-electron chi connectivity index (χ0n) is 6.90. The van der Waals surface area contributed by atoms with Gasteiger partial charge in [0.25, 0.3) is 0 Å². The van der Waals surface area contributed by atoms with Crippen molar-refractivity contribution in [3.05, 3.63) is 28.8 Å². The largest absolute Gasteiger partial charge is 0.507 e. The fraction of sp³-hybridized carbons (Fsp3) is 0.111. The number of carbonyl (C=O) groups is 1. The molecule has 0 atom stereocenters. The van der Waals surface area contributed by atoms with Gasteiger partial charge in [-0.05, 0) is 18.6 Å². The molecule has 0 aliphatic carbocycles. The van der Waals surface area contributed by atoms with Crippen molar-refractivity contribution in [1.29, 1.82) is 5.26 Å².